The standard InChI is InChI=1S/C16H17NO/c1-2-15(18)17-16(10-11-16)14-9-5-7-12-6-3-4-8-13(12)14/h3-9H,2,10-11H2,1H3,(H,17,18). The van der Waals surface area contributed by atoms with Crippen molar-refractivity contribution in [2.45, 2.75) is 31.7 Å². The summed E-state index contributed by atoms with van der Waals surface area (Å²) in [6.07, 6.45) is 2.64. The number of benzene rings is 2. The summed E-state index contributed by atoms with van der Waals surface area (Å²) in [5.74, 6) is 0.139. The summed E-state index contributed by atoms with van der Waals surface area (Å²) in [5.41, 5.74) is 1.16. The maximum absolute atomic E-state index is 11.7. The van der Waals surface area contributed by atoms with Gasteiger partial charge in [-0.3, -0.25) is 4.79 Å². The maximum Gasteiger partial charge on any atom is 0.220 e. The quantitative estimate of drug-likeness (QED) is 0.874. The van der Waals surface area contributed by atoms with Gasteiger partial charge in [0, 0.05) is 6.42 Å². The molecule has 2 heteroatoms. The van der Waals surface area contributed by atoms with E-state index in [1.165, 1.54) is 16.3 Å². The van der Waals surface area contributed by atoms with Gasteiger partial charge in [-0.25, -0.2) is 0 Å². The van der Waals surface area contributed by atoms with Gasteiger partial charge in [-0.1, -0.05) is 49.4 Å². The topological polar surface area (TPSA) is 29.1 Å². The van der Waals surface area contributed by atoms with Gasteiger partial charge in [-0.15, -0.1) is 0 Å². The molecule has 1 fully saturated rings. The van der Waals surface area contributed by atoms with Gasteiger partial charge in [0.25, 0.3) is 0 Å². The SMILES string of the molecule is CCC(=O)NC1(c2cccc3ccccc23)CC1. The molecule has 0 spiro atoms. The third-order valence-corrected chi connectivity index (χ3v) is 3.76. The van der Waals surface area contributed by atoms with Crippen molar-refractivity contribution in [1.82, 2.24) is 5.32 Å². The zero-order valence-electron chi connectivity index (χ0n) is 10.6. The van der Waals surface area contributed by atoms with Crippen LogP contribution in [0.15, 0.2) is 42.5 Å². The number of amides is 1. The first kappa shape index (κ1) is 11.3. The number of rotatable bonds is 3. The summed E-state index contributed by atoms with van der Waals surface area (Å²) in [6.45, 7) is 1.90. The van der Waals surface area contributed by atoms with Gasteiger partial charge in [-0.05, 0) is 29.2 Å². The van der Waals surface area contributed by atoms with Crippen molar-refractivity contribution in [2.75, 3.05) is 0 Å². The summed E-state index contributed by atoms with van der Waals surface area (Å²) < 4.78 is 0. The van der Waals surface area contributed by atoms with Gasteiger partial charge in [0.1, 0.15) is 0 Å². The molecule has 1 saturated carbocycles. The van der Waals surface area contributed by atoms with Crippen LogP contribution in [0.5, 0.6) is 0 Å². The van der Waals surface area contributed by atoms with Crippen molar-refractivity contribution >= 4 is 16.7 Å². The van der Waals surface area contributed by atoms with Crippen molar-refractivity contribution in [3.05, 3.63) is 48.0 Å². The number of carbonyl (C=O) groups excluding carboxylic acids is 1. The molecule has 0 radical (unpaired) electrons. The zero-order valence-corrected chi connectivity index (χ0v) is 10.6. The molecule has 92 valence electrons. The summed E-state index contributed by atoms with van der Waals surface area (Å²) >= 11 is 0. The van der Waals surface area contributed by atoms with Crippen LogP contribution in [0.2, 0.25) is 0 Å². The highest BCUT2D eigenvalue weighted by Gasteiger charge is 2.46. The molecule has 0 heterocycles. The minimum atomic E-state index is -0.103. The predicted molar refractivity (Wildman–Crippen MR) is 73.3 cm³/mol. The monoisotopic (exact) mass is 239 g/mol. The van der Waals surface area contributed by atoms with Gasteiger partial charge >= 0.3 is 0 Å². The highest BCUT2D eigenvalue weighted by atomic mass is 16.1. The van der Waals surface area contributed by atoms with Gasteiger partial charge in [0.05, 0.1) is 5.54 Å². The van der Waals surface area contributed by atoms with E-state index in [0.29, 0.717) is 6.42 Å². The Morgan fingerprint density at radius 1 is 1.17 bits per heavy atom. The number of carbonyl (C=O) groups is 1. The van der Waals surface area contributed by atoms with Crippen molar-refractivity contribution in [3.8, 4) is 0 Å². The lowest BCUT2D eigenvalue weighted by atomic mass is 9.97. The minimum absolute atomic E-state index is 0.103. The lowest BCUT2D eigenvalue weighted by molar-refractivity contribution is -0.121. The van der Waals surface area contributed by atoms with E-state index in [-0.39, 0.29) is 11.4 Å². The van der Waals surface area contributed by atoms with Crippen molar-refractivity contribution in [3.63, 3.8) is 0 Å². The summed E-state index contributed by atoms with van der Waals surface area (Å²) in [5, 5.41) is 5.69. The fraction of sp³-hybridized carbons (Fsp3) is 0.312. The molecule has 0 saturated heterocycles. The van der Waals surface area contributed by atoms with E-state index in [0.717, 1.165) is 12.8 Å². The number of nitrogens with one attached hydrogen (secondary N) is 1. The smallest absolute Gasteiger partial charge is 0.220 e. The van der Waals surface area contributed by atoms with Crippen LogP contribution in [0.1, 0.15) is 31.7 Å². The zero-order chi connectivity index (χ0) is 12.6. The van der Waals surface area contributed by atoms with E-state index in [1.807, 2.05) is 6.92 Å². The second-order valence-electron chi connectivity index (χ2n) is 5.01. The Bertz CT molecular complexity index is 594. The average molecular weight is 239 g/mol. The van der Waals surface area contributed by atoms with E-state index >= 15 is 0 Å². The van der Waals surface area contributed by atoms with Crippen LogP contribution >= 0.6 is 0 Å². The molecule has 0 aromatic heterocycles. The first-order chi connectivity index (χ1) is 8.75. The van der Waals surface area contributed by atoms with Crippen molar-refractivity contribution < 1.29 is 4.79 Å². The molecular weight excluding hydrogens is 222 g/mol. The Morgan fingerprint density at radius 2 is 1.89 bits per heavy atom. The minimum Gasteiger partial charge on any atom is -0.347 e. The fourth-order valence-corrected chi connectivity index (χ4v) is 2.58. The second kappa shape index (κ2) is 4.13. The highest BCUT2D eigenvalue weighted by molar-refractivity contribution is 5.88. The lowest BCUT2D eigenvalue weighted by Crippen LogP contribution is -2.34. The first-order valence-corrected chi connectivity index (χ1v) is 6.54. The molecule has 0 unspecified atom stereocenters. The van der Waals surface area contributed by atoms with E-state index < -0.39 is 0 Å². The molecule has 3 rings (SSSR count). The number of fused-ring (bicyclic) bond motifs is 1. The Balaban J connectivity index is 2.07. The predicted octanol–water partition coefficient (Wildman–Crippen LogP) is 3.36. The largest absolute Gasteiger partial charge is 0.347 e. The molecule has 1 aliphatic carbocycles. The Kier molecular flexibility index (Phi) is 2.58. The molecule has 2 aromatic carbocycles. The van der Waals surface area contributed by atoms with E-state index in [9.17, 15) is 4.79 Å². The van der Waals surface area contributed by atoms with Gasteiger partial charge < -0.3 is 5.32 Å². The lowest BCUT2D eigenvalue weighted by Gasteiger charge is -2.19. The van der Waals surface area contributed by atoms with Crippen molar-refractivity contribution in [2.24, 2.45) is 0 Å². The fourth-order valence-electron chi connectivity index (χ4n) is 2.58. The van der Waals surface area contributed by atoms with Crippen LogP contribution in [0, 0.1) is 0 Å². The van der Waals surface area contributed by atoms with Crippen LogP contribution in [0.25, 0.3) is 10.8 Å². The Labute approximate surface area is 107 Å². The summed E-state index contributed by atoms with van der Waals surface area (Å²) in [7, 11) is 0. The third kappa shape index (κ3) is 1.78. The molecular formula is C16H17NO. The van der Waals surface area contributed by atoms with Crippen LogP contribution in [-0.4, -0.2) is 5.91 Å². The van der Waals surface area contributed by atoms with Crippen LogP contribution in [-0.2, 0) is 10.3 Å². The molecule has 2 nitrogen and oxygen atoms in total. The molecule has 0 atom stereocenters. The normalized spacial score (nSPS) is 16.5. The van der Waals surface area contributed by atoms with Crippen LogP contribution < -0.4 is 5.32 Å². The maximum atomic E-state index is 11.7. The van der Waals surface area contributed by atoms with E-state index in [2.05, 4.69) is 47.8 Å². The second-order valence-corrected chi connectivity index (χ2v) is 5.01. The molecule has 2 aromatic rings. The molecule has 1 aliphatic rings. The van der Waals surface area contributed by atoms with Crippen molar-refractivity contribution in [1.29, 1.82) is 0 Å². The molecule has 18 heavy (non-hydrogen) atoms. The molecule has 1 amide bonds. The first-order valence-electron chi connectivity index (χ1n) is 6.54. The van der Waals surface area contributed by atoms with E-state index in [1.54, 1.807) is 0 Å². The van der Waals surface area contributed by atoms with Crippen LogP contribution in [0.4, 0.5) is 0 Å². The van der Waals surface area contributed by atoms with Crippen LogP contribution in [0.3, 0.4) is 0 Å². The molecule has 1 N–H and O–H groups in total. The summed E-state index contributed by atoms with van der Waals surface area (Å²) in [6, 6.07) is 14.7. The van der Waals surface area contributed by atoms with Gasteiger partial charge in [-0.2, -0.15) is 0 Å². The third-order valence-electron chi connectivity index (χ3n) is 3.76. The number of hydrogen-bond donors (Lipinski definition) is 1. The van der Waals surface area contributed by atoms with E-state index in [4.69, 9.17) is 0 Å². The van der Waals surface area contributed by atoms with Gasteiger partial charge in [0.15, 0.2) is 0 Å². The Hall–Kier alpha value is -1.83. The molecule has 0 bridgehead atoms. The highest BCUT2D eigenvalue weighted by Crippen LogP contribution is 2.47. The molecule has 0 aliphatic heterocycles. The average Bonchev–Trinajstić information content (AvgIpc) is 3.18. The Morgan fingerprint density at radius 3 is 2.61 bits per heavy atom. The number of hydrogen-bond acceptors (Lipinski definition) is 1. The summed E-state index contributed by atoms with van der Waals surface area (Å²) in [4.78, 5) is 11.7. The van der Waals surface area contributed by atoms with Gasteiger partial charge in [0.2, 0.25) is 5.91 Å².